The van der Waals surface area contributed by atoms with Crippen molar-refractivity contribution >= 4 is 0 Å². The van der Waals surface area contributed by atoms with E-state index in [0.29, 0.717) is 0 Å². The average Bonchev–Trinajstić information content (AvgIpc) is 2.94. The Kier molecular flexibility index (Phi) is 4.20. The second kappa shape index (κ2) is 6.27. The van der Waals surface area contributed by atoms with Gasteiger partial charge < -0.3 is 10.1 Å². The zero-order chi connectivity index (χ0) is 14.7. The Bertz CT molecular complexity index is 637. The molecule has 1 aliphatic carbocycles. The molecule has 0 atom stereocenters. The number of rotatable bonds is 5. The third-order valence-corrected chi connectivity index (χ3v) is 3.94. The van der Waals surface area contributed by atoms with E-state index in [-0.39, 0.29) is 0 Å². The van der Waals surface area contributed by atoms with Crippen LogP contribution in [0.4, 0.5) is 0 Å². The number of aryl methyl sites for hydroxylation is 3. The first kappa shape index (κ1) is 14.1. The minimum Gasteiger partial charge on any atom is -0.457 e. The molecule has 0 saturated heterocycles. The van der Waals surface area contributed by atoms with Crippen LogP contribution in [0.3, 0.4) is 0 Å². The summed E-state index contributed by atoms with van der Waals surface area (Å²) in [4.78, 5) is 4.37. The van der Waals surface area contributed by atoms with Gasteiger partial charge >= 0.3 is 0 Å². The second-order valence-corrected chi connectivity index (χ2v) is 5.60. The van der Waals surface area contributed by atoms with Crippen LogP contribution in [0, 0.1) is 6.92 Å². The number of ether oxygens (including phenoxy) is 1. The fourth-order valence-electron chi connectivity index (χ4n) is 2.79. The van der Waals surface area contributed by atoms with Gasteiger partial charge in [-0.3, -0.25) is 4.98 Å². The summed E-state index contributed by atoms with van der Waals surface area (Å²) in [6.45, 7) is 5.81. The van der Waals surface area contributed by atoms with Crippen molar-refractivity contribution in [3.63, 3.8) is 0 Å². The number of hydrogen-bond acceptors (Lipinski definition) is 3. The molecular weight excluding hydrogens is 260 g/mol. The Morgan fingerprint density at radius 2 is 2.05 bits per heavy atom. The lowest BCUT2D eigenvalue weighted by Crippen LogP contribution is -2.12. The molecule has 3 nitrogen and oxygen atoms in total. The molecule has 0 unspecified atom stereocenters. The minimum absolute atomic E-state index is 0.782. The highest BCUT2D eigenvalue weighted by Gasteiger charge is 2.12. The van der Waals surface area contributed by atoms with Gasteiger partial charge in [0, 0.05) is 30.1 Å². The Labute approximate surface area is 126 Å². The van der Waals surface area contributed by atoms with E-state index >= 15 is 0 Å². The highest BCUT2D eigenvalue weighted by atomic mass is 16.5. The van der Waals surface area contributed by atoms with Gasteiger partial charge in [-0.05, 0) is 56.0 Å². The predicted molar refractivity (Wildman–Crippen MR) is 84.9 cm³/mol. The first-order valence-electron chi connectivity index (χ1n) is 7.72. The number of fused-ring (bicyclic) bond motifs is 1. The molecule has 1 aromatic carbocycles. The molecule has 3 heteroatoms. The molecule has 2 aromatic rings. The lowest BCUT2D eigenvalue weighted by molar-refractivity contribution is 0.471. The fourth-order valence-corrected chi connectivity index (χ4v) is 2.79. The number of pyridine rings is 1. The van der Waals surface area contributed by atoms with Crippen LogP contribution in [0.5, 0.6) is 11.5 Å². The summed E-state index contributed by atoms with van der Waals surface area (Å²) < 4.78 is 6.13. The molecule has 1 N–H and O–H groups in total. The van der Waals surface area contributed by atoms with Gasteiger partial charge in [0.25, 0.3) is 0 Å². The first-order chi connectivity index (χ1) is 10.3. The second-order valence-electron chi connectivity index (χ2n) is 5.60. The maximum absolute atomic E-state index is 6.13. The molecule has 0 saturated carbocycles. The summed E-state index contributed by atoms with van der Waals surface area (Å²) in [5.74, 6) is 1.83. The van der Waals surface area contributed by atoms with E-state index in [4.69, 9.17) is 4.74 Å². The minimum atomic E-state index is 0.782. The van der Waals surface area contributed by atoms with Crippen LogP contribution in [0.15, 0.2) is 30.5 Å². The average molecular weight is 282 g/mol. The molecule has 1 heterocycles. The van der Waals surface area contributed by atoms with E-state index in [9.17, 15) is 0 Å². The van der Waals surface area contributed by atoms with Crippen molar-refractivity contribution in [2.24, 2.45) is 0 Å². The molecule has 1 aliphatic rings. The lowest BCUT2D eigenvalue weighted by Gasteiger charge is -2.13. The Morgan fingerprint density at radius 1 is 1.19 bits per heavy atom. The Hall–Kier alpha value is -1.87. The molecule has 3 rings (SSSR count). The lowest BCUT2D eigenvalue weighted by atomic mass is 10.1. The predicted octanol–water partition coefficient (Wildman–Crippen LogP) is 3.78. The SMILES string of the molecule is CCNCc1cnc(C)cc1Oc1ccc2c(c1)CCC2. The van der Waals surface area contributed by atoms with Crippen molar-refractivity contribution in [1.29, 1.82) is 0 Å². The highest BCUT2D eigenvalue weighted by molar-refractivity contribution is 5.42. The van der Waals surface area contributed by atoms with Crippen molar-refractivity contribution < 1.29 is 4.74 Å². The number of benzene rings is 1. The molecule has 0 amide bonds. The monoisotopic (exact) mass is 282 g/mol. The van der Waals surface area contributed by atoms with Crippen LogP contribution < -0.4 is 10.1 Å². The highest BCUT2D eigenvalue weighted by Crippen LogP contribution is 2.30. The van der Waals surface area contributed by atoms with Crippen molar-refractivity contribution in [2.45, 2.75) is 39.7 Å². The number of nitrogens with one attached hydrogen (secondary N) is 1. The van der Waals surface area contributed by atoms with Crippen LogP contribution in [0.1, 0.15) is 35.7 Å². The van der Waals surface area contributed by atoms with Gasteiger partial charge in [0.1, 0.15) is 11.5 Å². The van der Waals surface area contributed by atoms with Gasteiger partial charge in [0.15, 0.2) is 0 Å². The third-order valence-electron chi connectivity index (χ3n) is 3.94. The largest absolute Gasteiger partial charge is 0.457 e. The van der Waals surface area contributed by atoms with Gasteiger partial charge in [0.2, 0.25) is 0 Å². The standard InChI is InChI=1S/C18H22N2O/c1-3-19-11-16-12-20-13(2)9-18(16)21-17-8-7-14-5-4-6-15(14)10-17/h7-10,12,19H,3-6,11H2,1-2H3. The summed E-state index contributed by atoms with van der Waals surface area (Å²) >= 11 is 0. The van der Waals surface area contributed by atoms with E-state index in [1.165, 1.54) is 30.4 Å². The molecule has 0 spiro atoms. The van der Waals surface area contributed by atoms with E-state index in [2.05, 4.69) is 35.4 Å². The van der Waals surface area contributed by atoms with Gasteiger partial charge in [-0.25, -0.2) is 0 Å². The molecule has 1 aromatic heterocycles. The summed E-state index contributed by atoms with van der Waals surface area (Å²) in [5.41, 5.74) is 4.99. The smallest absolute Gasteiger partial charge is 0.135 e. The van der Waals surface area contributed by atoms with E-state index in [1.54, 1.807) is 0 Å². The maximum atomic E-state index is 6.13. The zero-order valence-electron chi connectivity index (χ0n) is 12.8. The molecule has 0 radical (unpaired) electrons. The molecule has 0 aliphatic heterocycles. The number of aromatic nitrogens is 1. The third kappa shape index (κ3) is 3.24. The van der Waals surface area contributed by atoms with Gasteiger partial charge in [-0.15, -0.1) is 0 Å². The van der Waals surface area contributed by atoms with Gasteiger partial charge in [-0.1, -0.05) is 13.0 Å². The molecule has 0 fully saturated rings. The molecule has 0 bridgehead atoms. The molecule has 21 heavy (non-hydrogen) atoms. The zero-order valence-corrected chi connectivity index (χ0v) is 12.8. The summed E-state index contributed by atoms with van der Waals surface area (Å²) in [7, 11) is 0. The van der Waals surface area contributed by atoms with Crippen LogP contribution in [-0.2, 0) is 19.4 Å². The van der Waals surface area contributed by atoms with E-state index in [1.807, 2.05) is 19.2 Å². The summed E-state index contributed by atoms with van der Waals surface area (Å²) in [5, 5.41) is 3.33. The van der Waals surface area contributed by atoms with Crippen LogP contribution in [-0.4, -0.2) is 11.5 Å². The van der Waals surface area contributed by atoms with E-state index < -0.39 is 0 Å². The van der Waals surface area contributed by atoms with E-state index in [0.717, 1.165) is 35.8 Å². The summed E-state index contributed by atoms with van der Waals surface area (Å²) in [6.07, 6.45) is 5.54. The Morgan fingerprint density at radius 3 is 2.90 bits per heavy atom. The van der Waals surface area contributed by atoms with Crippen LogP contribution in [0.25, 0.3) is 0 Å². The quantitative estimate of drug-likeness (QED) is 0.906. The van der Waals surface area contributed by atoms with Crippen LogP contribution in [0.2, 0.25) is 0 Å². The first-order valence-corrected chi connectivity index (χ1v) is 7.72. The topological polar surface area (TPSA) is 34.2 Å². The molecular formula is C18H22N2O. The molecule has 110 valence electrons. The number of nitrogens with zero attached hydrogens (tertiary/aromatic N) is 1. The van der Waals surface area contributed by atoms with Crippen LogP contribution >= 0.6 is 0 Å². The van der Waals surface area contributed by atoms with Gasteiger partial charge in [-0.2, -0.15) is 0 Å². The van der Waals surface area contributed by atoms with Crippen molar-refractivity contribution in [3.05, 3.63) is 52.8 Å². The maximum Gasteiger partial charge on any atom is 0.135 e. The summed E-state index contributed by atoms with van der Waals surface area (Å²) in [6, 6.07) is 8.49. The van der Waals surface area contributed by atoms with Gasteiger partial charge in [0.05, 0.1) is 0 Å². The van der Waals surface area contributed by atoms with Crippen molar-refractivity contribution in [1.82, 2.24) is 10.3 Å². The normalized spacial score (nSPS) is 13.2. The van der Waals surface area contributed by atoms with Crippen molar-refractivity contribution in [3.8, 4) is 11.5 Å². The fraction of sp³-hybridized carbons (Fsp3) is 0.389. The number of hydrogen-bond donors (Lipinski definition) is 1. The van der Waals surface area contributed by atoms with Crippen molar-refractivity contribution in [2.75, 3.05) is 6.54 Å². The Balaban J connectivity index is 1.84.